The molecule has 86 valence electrons. The maximum Gasteiger partial charge on any atom is 0.324 e. The van der Waals surface area contributed by atoms with Gasteiger partial charge < -0.3 is 5.11 Å². The maximum absolute atomic E-state index is 11.0. The predicted octanol–water partition coefficient (Wildman–Crippen LogP) is 3.21. The van der Waals surface area contributed by atoms with E-state index >= 15 is 0 Å². The molecule has 3 heteroatoms. The normalized spacial score (nSPS) is 16.4. The zero-order valence-electron chi connectivity index (χ0n) is 9.92. The zero-order valence-corrected chi connectivity index (χ0v) is 9.92. The Morgan fingerprint density at radius 1 is 1.47 bits per heavy atom. The number of unbranched alkanes of at least 4 members (excludes halogenated alkanes) is 3. The molecule has 0 saturated carbocycles. The van der Waals surface area contributed by atoms with Crippen molar-refractivity contribution in [3.8, 4) is 6.07 Å². The Bertz CT molecular complexity index is 244. The van der Waals surface area contributed by atoms with E-state index in [0.717, 1.165) is 19.3 Å². The van der Waals surface area contributed by atoms with Crippen molar-refractivity contribution in [2.75, 3.05) is 0 Å². The first-order valence-corrected chi connectivity index (χ1v) is 5.63. The minimum atomic E-state index is -1.23. The quantitative estimate of drug-likeness (QED) is 0.658. The summed E-state index contributed by atoms with van der Waals surface area (Å²) in [6.07, 6.45) is 5.31. The number of nitrogens with zero attached hydrogens (tertiary/aromatic N) is 1. The number of rotatable bonds is 7. The van der Waals surface area contributed by atoms with Crippen molar-refractivity contribution in [1.29, 1.82) is 5.26 Å². The highest BCUT2D eigenvalue weighted by atomic mass is 16.4. The monoisotopic (exact) mass is 211 g/mol. The first-order chi connectivity index (χ1) is 6.99. The lowest BCUT2D eigenvalue weighted by molar-refractivity contribution is -0.147. The third-order valence-corrected chi connectivity index (χ3v) is 3.15. The largest absolute Gasteiger partial charge is 0.480 e. The Morgan fingerprint density at radius 3 is 2.47 bits per heavy atom. The summed E-state index contributed by atoms with van der Waals surface area (Å²) in [4.78, 5) is 11.0. The fourth-order valence-corrected chi connectivity index (χ4v) is 1.53. The van der Waals surface area contributed by atoms with Gasteiger partial charge in [-0.1, -0.05) is 39.5 Å². The SMILES string of the molecule is CCCCCC[C@@H](C)[C@](C)(C#N)C(=O)O. The standard InChI is InChI=1S/C12H21NO2/c1-4-5-6-7-8-10(2)12(3,9-13)11(14)15/h10H,4-8H2,1-3H3,(H,14,15)/t10-,12+/m1/s1. The summed E-state index contributed by atoms with van der Waals surface area (Å²) >= 11 is 0. The number of hydrogen-bond donors (Lipinski definition) is 1. The molecule has 0 aliphatic heterocycles. The van der Waals surface area contributed by atoms with Crippen LogP contribution in [0.1, 0.15) is 52.9 Å². The van der Waals surface area contributed by atoms with Crippen LogP contribution in [0.4, 0.5) is 0 Å². The molecule has 0 amide bonds. The molecular weight excluding hydrogens is 190 g/mol. The van der Waals surface area contributed by atoms with Crippen LogP contribution < -0.4 is 0 Å². The highest BCUT2D eigenvalue weighted by Crippen LogP contribution is 2.30. The van der Waals surface area contributed by atoms with Gasteiger partial charge in [0.15, 0.2) is 5.41 Å². The molecule has 0 aromatic rings. The van der Waals surface area contributed by atoms with Crippen LogP contribution >= 0.6 is 0 Å². The Balaban J connectivity index is 4.13. The number of carboxylic acids is 1. The Labute approximate surface area is 92.1 Å². The molecule has 3 nitrogen and oxygen atoms in total. The molecular formula is C12H21NO2. The summed E-state index contributed by atoms with van der Waals surface area (Å²) in [6, 6.07) is 1.92. The smallest absolute Gasteiger partial charge is 0.324 e. The minimum Gasteiger partial charge on any atom is -0.480 e. The lowest BCUT2D eigenvalue weighted by Gasteiger charge is -2.24. The minimum absolute atomic E-state index is 0.0862. The molecule has 0 spiro atoms. The molecule has 0 fully saturated rings. The van der Waals surface area contributed by atoms with Crippen molar-refractivity contribution >= 4 is 5.97 Å². The van der Waals surface area contributed by atoms with Crippen LogP contribution in [0.2, 0.25) is 0 Å². The topological polar surface area (TPSA) is 61.1 Å². The van der Waals surface area contributed by atoms with E-state index in [1.54, 1.807) is 0 Å². The number of nitriles is 1. The Morgan fingerprint density at radius 2 is 2.07 bits per heavy atom. The van der Waals surface area contributed by atoms with Crippen molar-refractivity contribution in [2.45, 2.75) is 52.9 Å². The van der Waals surface area contributed by atoms with E-state index in [1.807, 2.05) is 13.0 Å². The van der Waals surface area contributed by atoms with Gasteiger partial charge in [-0.05, 0) is 19.3 Å². The number of aliphatic carboxylic acids is 1. The number of carboxylic acid groups (broad SMARTS) is 1. The fraction of sp³-hybridized carbons (Fsp3) is 0.833. The van der Waals surface area contributed by atoms with Gasteiger partial charge in [-0.2, -0.15) is 5.26 Å². The van der Waals surface area contributed by atoms with E-state index in [1.165, 1.54) is 19.8 Å². The number of carbonyl (C=O) groups is 1. The van der Waals surface area contributed by atoms with Crippen LogP contribution in [0.3, 0.4) is 0 Å². The van der Waals surface area contributed by atoms with Crippen molar-refractivity contribution < 1.29 is 9.90 Å². The lowest BCUT2D eigenvalue weighted by atomic mass is 9.77. The van der Waals surface area contributed by atoms with Crippen LogP contribution in [-0.2, 0) is 4.79 Å². The molecule has 0 aliphatic rings. The van der Waals surface area contributed by atoms with Crippen molar-refractivity contribution in [2.24, 2.45) is 11.3 Å². The summed E-state index contributed by atoms with van der Waals surface area (Å²) in [5.41, 5.74) is -1.23. The first kappa shape index (κ1) is 14.0. The zero-order chi connectivity index (χ0) is 11.9. The molecule has 2 atom stereocenters. The van der Waals surface area contributed by atoms with Gasteiger partial charge in [-0.3, -0.25) is 4.79 Å². The van der Waals surface area contributed by atoms with E-state index in [0.29, 0.717) is 0 Å². The van der Waals surface area contributed by atoms with E-state index in [4.69, 9.17) is 10.4 Å². The number of hydrogen-bond acceptors (Lipinski definition) is 2. The molecule has 1 N–H and O–H groups in total. The summed E-state index contributed by atoms with van der Waals surface area (Å²) < 4.78 is 0. The van der Waals surface area contributed by atoms with Crippen LogP contribution in [0.25, 0.3) is 0 Å². The molecule has 0 bridgehead atoms. The third kappa shape index (κ3) is 3.91. The second-order valence-corrected chi connectivity index (χ2v) is 4.37. The van der Waals surface area contributed by atoms with Crippen LogP contribution in [0.15, 0.2) is 0 Å². The van der Waals surface area contributed by atoms with E-state index in [2.05, 4.69) is 6.92 Å². The fourth-order valence-electron chi connectivity index (χ4n) is 1.53. The van der Waals surface area contributed by atoms with Gasteiger partial charge in [-0.15, -0.1) is 0 Å². The van der Waals surface area contributed by atoms with E-state index in [-0.39, 0.29) is 5.92 Å². The predicted molar refractivity (Wildman–Crippen MR) is 59.3 cm³/mol. The van der Waals surface area contributed by atoms with Crippen molar-refractivity contribution in [3.05, 3.63) is 0 Å². The molecule has 0 aromatic heterocycles. The lowest BCUT2D eigenvalue weighted by Crippen LogP contribution is -2.32. The Hall–Kier alpha value is -1.04. The summed E-state index contributed by atoms with van der Waals surface area (Å²) in [6.45, 7) is 5.50. The van der Waals surface area contributed by atoms with Gasteiger partial charge in [0.2, 0.25) is 0 Å². The van der Waals surface area contributed by atoms with Gasteiger partial charge in [0.05, 0.1) is 6.07 Å². The second-order valence-electron chi connectivity index (χ2n) is 4.37. The highest BCUT2D eigenvalue weighted by molar-refractivity contribution is 5.77. The van der Waals surface area contributed by atoms with Gasteiger partial charge in [0.25, 0.3) is 0 Å². The first-order valence-electron chi connectivity index (χ1n) is 5.63. The molecule has 0 aliphatic carbocycles. The molecule has 0 radical (unpaired) electrons. The molecule has 0 rings (SSSR count). The van der Waals surface area contributed by atoms with Crippen molar-refractivity contribution in [1.82, 2.24) is 0 Å². The summed E-state index contributed by atoms with van der Waals surface area (Å²) in [5.74, 6) is -1.09. The average molecular weight is 211 g/mol. The van der Waals surface area contributed by atoms with E-state index < -0.39 is 11.4 Å². The van der Waals surface area contributed by atoms with Crippen LogP contribution in [0.5, 0.6) is 0 Å². The van der Waals surface area contributed by atoms with Gasteiger partial charge in [0.1, 0.15) is 0 Å². The summed E-state index contributed by atoms with van der Waals surface area (Å²) in [5, 5.41) is 17.9. The van der Waals surface area contributed by atoms with Crippen molar-refractivity contribution in [3.63, 3.8) is 0 Å². The molecule has 0 aromatic carbocycles. The van der Waals surface area contributed by atoms with Crippen LogP contribution in [0, 0.1) is 22.7 Å². The maximum atomic E-state index is 11.0. The third-order valence-electron chi connectivity index (χ3n) is 3.15. The second kappa shape index (κ2) is 6.44. The molecule has 0 saturated heterocycles. The molecule has 0 unspecified atom stereocenters. The van der Waals surface area contributed by atoms with Crippen LogP contribution in [-0.4, -0.2) is 11.1 Å². The van der Waals surface area contributed by atoms with Gasteiger partial charge in [-0.25, -0.2) is 0 Å². The summed E-state index contributed by atoms with van der Waals surface area (Å²) in [7, 11) is 0. The average Bonchev–Trinajstić information content (AvgIpc) is 2.22. The van der Waals surface area contributed by atoms with Gasteiger partial charge in [0, 0.05) is 0 Å². The Kier molecular flexibility index (Phi) is 6.00. The molecule has 15 heavy (non-hydrogen) atoms. The highest BCUT2D eigenvalue weighted by Gasteiger charge is 2.38. The van der Waals surface area contributed by atoms with Gasteiger partial charge >= 0.3 is 5.97 Å². The molecule has 0 heterocycles. The van der Waals surface area contributed by atoms with E-state index in [9.17, 15) is 4.79 Å².